The number of rotatable bonds is 4. The normalized spacial score (nSPS) is 15.1. The van der Waals surface area contributed by atoms with Crippen LogP contribution in [0.5, 0.6) is 5.75 Å². The Balaban J connectivity index is 1.85. The van der Waals surface area contributed by atoms with Crippen LogP contribution in [0.1, 0.15) is 18.4 Å². The summed E-state index contributed by atoms with van der Waals surface area (Å²) in [6.07, 6.45) is 2.51. The van der Waals surface area contributed by atoms with E-state index in [1.165, 1.54) is 18.9 Å². The molecule has 1 aromatic rings. The third-order valence-electron chi connectivity index (χ3n) is 3.12. The molecule has 0 saturated carbocycles. The molecule has 0 unspecified atom stereocenters. The van der Waals surface area contributed by atoms with Crippen LogP contribution in [0.4, 0.5) is 4.39 Å². The molecule has 2 rings (SSSR count). The highest BCUT2D eigenvalue weighted by molar-refractivity contribution is 5.39. The van der Waals surface area contributed by atoms with Gasteiger partial charge in [0, 0.05) is 12.6 Å². The minimum absolute atomic E-state index is 0.270. The largest absolute Gasteiger partial charge is 0.492 e. The van der Waals surface area contributed by atoms with Gasteiger partial charge in [0.15, 0.2) is 0 Å². The second-order valence-electron chi connectivity index (χ2n) is 4.50. The summed E-state index contributed by atoms with van der Waals surface area (Å²) >= 11 is 0. The smallest absolute Gasteiger partial charge is 0.142 e. The first kappa shape index (κ1) is 13.9. The highest BCUT2D eigenvalue weighted by atomic mass is 19.1. The van der Waals surface area contributed by atoms with Crippen molar-refractivity contribution in [2.75, 3.05) is 32.8 Å². The van der Waals surface area contributed by atoms with Crippen LogP contribution < -0.4 is 4.74 Å². The van der Waals surface area contributed by atoms with Gasteiger partial charge in [-0.25, -0.2) is 4.39 Å². The van der Waals surface area contributed by atoms with Crippen molar-refractivity contribution in [2.24, 2.45) is 0 Å². The zero-order chi connectivity index (χ0) is 13.5. The maximum atomic E-state index is 13.6. The Bertz CT molecular complexity index is 473. The molecule has 0 radical (unpaired) electrons. The van der Waals surface area contributed by atoms with E-state index in [4.69, 9.17) is 9.84 Å². The number of aliphatic hydroxyl groups excluding tert-OH is 1. The van der Waals surface area contributed by atoms with E-state index in [0.29, 0.717) is 12.4 Å². The van der Waals surface area contributed by atoms with Crippen molar-refractivity contribution in [2.45, 2.75) is 12.8 Å². The first-order valence-electron chi connectivity index (χ1n) is 6.54. The maximum absolute atomic E-state index is 13.6. The molecule has 1 fully saturated rings. The van der Waals surface area contributed by atoms with Crippen molar-refractivity contribution >= 4 is 0 Å². The summed E-state index contributed by atoms with van der Waals surface area (Å²) in [5, 5.41) is 8.57. The molecule has 1 heterocycles. The lowest BCUT2D eigenvalue weighted by Gasteiger charge is -2.14. The van der Waals surface area contributed by atoms with Gasteiger partial charge in [0.05, 0.1) is 5.56 Å². The molecule has 1 saturated heterocycles. The summed E-state index contributed by atoms with van der Waals surface area (Å²) in [4.78, 5) is 2.34. The van der Waals surface area contributed by atoms with Crippen LogP contribution in [0.3, 0.4) is 0 Å². The van der Waals surface area contributed by atoms with Crippen LogP contribution in [0.2, 0.25) is 0 Å². The molecule has 1 N–H and O–H groups in total. The minimum Gasteiger partial charge on any atom is -0.492 e. The van der Waals surface area contributed by atoms with Gasteiger partial charge in [0.1, 0.15) is 24.8 Å². The number of aliphatic hydroxyl groups is 1. The van der Waals surface area contributed by atoms with Crippen molar-refractivity contribution < 1.29 is 14.2 Å². The second-order valence-corrected chi connectivity index (χ2v) is 4.50. The maximum Gasteiger partial charge on any atom is 0.142 e. The fourth-order valence-electron chi connectivity index (χ4n) is 2.12. The number of halogens is 1. The first-order valence-corrected chi connectivity index (χ1v) is 6.54. The highest BCUT2D eigenvalue weighted by Crippen LogP contribution is 2.16. The van der Waals surface area contributed by atoms with Gasteiger partial charge in [-0.2, -0.15) is 0 Å². The summed E-state index contributed by atoms with van der Waals surface area (Å²) in [7, 11) is 0. The Hall–Kier alpha value is -1.57. The van der Waals surface area contributed by atoms with Gasteiger partial charge in [-0.15, -0.1) is 0 Å². The molecular formula is C15H18FNO2. The summed E-state index contributed by atoms with van der Waals surface area (Å²) in [5.74, 6) is 5.08. The Morgan fingerprint density at radius 1 is 1.32 bits per heavy atom. The number of likely N-dealkylation sites (tertiary alicyclic amines) is 1. The van der Waals surface area contributed by atoms with Crippen molar-refractivity contribution in [1.29, 1.82) is 0 Å². The standard InChI is InChI=1S/C15H18FNO2/c16-15-12-14(6-5-13(15)4-3-10-18)19-11-9-17-7-1-2-8-17/h5-6,12,18H,1-2,7-11H2. The molecule has 102 valence electrons. The van der Waals surface area contributed by atoms with Gasteiger partial charge in [0.25, 0.3) is 0 Å². The van der Waals surface area contributed by atoms with E-state index in [-0.39, 0.29) is 12.2 Å². The van der Waals surface area contributed by atoms with Crippen LogP contribution in [0.15, 0.2) is 18.2 Å². The van der Waals surface area contributed by atoms with Crippen molar-refractivity contribution in [1.82, 2.24) is 4.90 Å². The van der Waals surface area contributed by atoms with Crippen LogP contribution in [-0.2, 0) is 0 Å². The van der Waals surface area contributed by atoms with E-state index < -0.39 is 5.82 Å². The van der Waals surface area contributed by atoms with E-state index in [0.717, 1.165) is 19.6 Å². The summed E-state index contributed by atoms with van der Waals surface area (Å²) in [6, 6.07) is 4.61. The van der Waals surface area contributed by atoms with E-state index in [2.05, 4.69) is 16.7 Å². The number of nitrogens with zero attached hydrogens (tertiary/aromatic N) is 1. The van der Waals surface area contributed by atoms with Crippen LogP contribution in [0.25, 0.3) is 0 Å². The van der Waals surface area contributed by atoms with Crippen molar-refractivity contribution in [3.8, 4) is 17.6 Å². The monoisotopic (exact) mass is 263 g/mol. The molecule has 4 heteroatoms. The van der Waals surface area contributed by atoms with E-state index in [1.807, 2.05) is 0 Å². The van der Waals surface area contributed by atoms with Crippen LogP contribution in [0, 0.1) is 17.7 Å². The molecule has 1 aliphatic heterocycles. The SMILES string of the molecule is OCC#Cc1ccc(OCCN2CCCC2)cc1F. The summed E-state index contributed by atoms with van der Waals surface area (Å²) < 4.78 is 19.2. The molecule has 0 spiro atoms. The van der Waals surface area contributed by atoms with E-state index in [9.17, 15) is 4.39 Å². The molecule has 0 atom stereocenters. The second kappa shape index (κ2) is 7.13. The Labute approximate surface area is 113 Å². The molecule has 1 aromatic carbocycles. The number of hydrogen-bond acceptors (Lipinski definition) is 3. The summed E-state index contributed by atoms with van der Waals surface area (Å²) in [6.45, 7) is 3.45. The van der Waals surface area contributed by atoms with Gasteiger partial charge in [-0.3, -0.25) is 4.90 Å². The predicted octanol–water partition coefficient (Wildman–Crippen LogP) is 1.64. The summed E-state index contributed by atoms with van der Waals surface area (Å²) in [5.41, 5.74) is 0.279. The zero-order valence-corrected chi connectivity index (χ0v) is 10.9. The van der Waals surface area contributed by atoms with Gasteiger partial charge in [-0.05, 0) is 38.1 Å². The van der Waals surface area contributed by atoms with Gasteiger partial charge >= 0.3 is 0 Å². The molecule has 19 heavy (non-hydrogen) atoms. The Kier molecular flexibility index (Phi) is 5.20. The Morgan fingerprint density at radius 2 is 2.11 bits per heavy atom. The molecule has 0 aromatic heterocycles. The van der Waals surface area contributed by atoms with E-state index in [1.54, 1.807) is 12.1 Å². The fraction of sp³-hybridized carbons (Fsp3) is 0.467. The quantitative estimate of drug-likeness (QED) is 0.838. The molecular weight excluding hydrogens is 245 g/mol. The van der Waals surface area contributed by atoms with Gasteiger partial charge in [0.2, 0.25) is 0 Å². The highest BCUT2D eigenvalue weighted by Gasteiger charge is 2.11. The van der Waals surface area contributed by atoms with Gasteiger partial charge < -0.3 is 9.84 Å². The average Bonchev–Trinajstić information content (AvgIpc) is 2.91. The first-order chi connectivity index (χ1) is 9.29. The Morgan fingerprint density at radius 3 is 2.79 bits per heavy atom. The van der Waals surface area contributed by atoms with Crippen LogP contribution in [-0.4, -0.2) is 42.9 Å². The minimum atomic E-state index is -0.417. The zero-order valence-electron chi connectivity index (χ0n) is 10.9. The van der Waals surface area contributed by atoms with E-state index >= 15 is 0 Å². The molecule has 0 bridgehead atoms. The van der Waals surface area contributed by atoms with Crippen molar-refractivity contribution in [3.05, 3.63) is 29.6 Å². The molecule has 0 aliphatic carbocycles. The van der Waals surface area contributed by atoms with Crippen molar-refractivity contribution in [3.63, 3.8) is 0 Å². The number of ether oxygens (including phenoxy) is 1. The topological polar surface area (TPSA) is 32.7 Å². The molecule has 0 amide bonds. The number of benzene rings is 1. The molecule has 3 nitrogen and oxygen atoms in total. The van der Waals surface area contributed by atoms with Crippen LogP contribution >= 0.6 is 0 Å². The predicted molar refractivity (Wildman–Crippen MR) is 71.5 cm³/mol. The molecule has 1 aliphatic rings. The lowest BCUT2D eigenvalue weighted by atomic mass is 10.2. The van der Waals surface area contributed by atoms with Gasteiger partial charge in [-0.1, -0.05) is 11.8 Å². The lowest BCUT2D eigenvalue weighted by Crippen LogP contribution is -2.25. The average molecular weight is 263 g/mol. The lowest BCUT2D eigenvalue weighted by molar-refractivity contribution is 0.237. The third-order valence-corrected chi connectivity index (χ3v) is 3.12. The fourth-order valence-corrected chi connectivity index (χ4v) is 2.12. The number of hydrogen-bond donors (Lipinski definition) is 1. The third kappa shape index (κ3) is 4.23.